The normalized spacial score (nSPS) is 14.4. The number of nitrogens with zero attached hydrogens (tertiary/aromatic N) is 4. The Morgan fingerprint density at radius 3 is 2.42 bits per heavy atom. The van der Waals surface area contributed by atoms with E-state index in [1.807, 2.05) is 71.4 Å². The maximum atomic E-state index is 12.6. The van der Waals surface area contributed by atoms with Crippen molar-refractivity contribution in [1.29, 1.82) is 0 Å². The number of imidazole rings is 1. The van der Waals surface area contributed by atoms with E-state index in [4.69, 9.17) is 20.4 Å². The highest BCUT2D eigenvalue weighted by Gasteiger charge is 2.46. The van der Waals surface area contributed by atoms with Crippen LogP contribution in [-0.2, 0) is 14.9 Å². The standard InChI is InChI=1S/C29H25N5O2/c1-36-28(35)29(14-6-15-29)21-10-12-22(13-11-21)34-26(23-9-5-16-31-25(23)30)33-24-17-20(18-32-27(24)34)19-7-3-2-4-8-19/h2-5,7-13,16-18H,6,14-15H2,1H3,(H2,30,31). The molecular formula is C29H25N5O2. The number of carbonyl (C=O) groups is 1. The number of rotatable bonds is 5. The van der Waals surface area contributed by atoms with Crippen molar-refractivity contribution in [1.82, 2.24) is 19.5 Å². The lowest BCUT2D eigenvalue weighted by Gasteiger charge is -2.39. The molecule has 178 valence electrons. The molecule has 7 heteroatoms. The van der Waals surface area contributed by atoms with Crippen molar-refractivity contribution in [3.05, 3.63) is 90.8 Å². The molecule has 0 radical (unpaired) electrons. The van der Waals surface area contributed by atoms with Gasteiger partial charge in [0.15, 0.2) is 11.5 Å². The summed E-state index contributed by atoms with van der Waals surface area (Å²) in [6, 6.07) is 23.9. The third-order valence-corrected chi connectivity index (χ3v) is 7.15. The number of pyridine rings is 2. The Bertz CT molecular complexity index is 1570. The van der Waals surface area contributed by atoms with Crippen LogP contribution < -0.4 is 5.73 Å². The van der Waals surface area contributed by atoms with E-state index >= 15 is 0 Å². The van der Waals surface area contributed by atoms with Crippen LogP contribution in [0.15, 0.2) is 85.2 Å². The average molecular weight is 476 g/mol. The van der Waals surface area contributed by atoms with Crippen LogP contribution in [0.1, 0.15) is 24.8 Å². The second-order valence-corrected chi connectivity index (χ2v) is 9.11. The van der Waals surface area contributed by atoms with Gasteiger partial charge in [-0.25, -0.2) is 15.0 Å². The molecule has 0 spiro atoms. The number of carbonyl (C=O) groups excluding carboxylic acids is 1. The fraction of sp³-hybridized carbons (Fsp3) is 0.172. The van der Waals surface area contributed by atoms with Gasteiger partial charge in [-0.2, -0.15) is 0 Å². The monoisotopic (exact) mass is 475 g/mol. The summed E-state index contributed by atoms with van der Waals surface area (Å²) < 4.78 is 7.12. The fourth-order valence-corrected chi connectivity index (χ4v) is 5.05. The quantitative estimate of drug-likeness (QED) is 0.345. The van der Waals surface area contributed by atoms with Gasteiger partial charge in [0.25, 0.3) is 0 Å². The first-order valence-corrected chi connectivity index (χ1v) is 11.9. The molecule has 5 aromatic rings. The van der Waals surface area contributed by atoms with E-state index in [1.165, 1.54) is 7.11 Å². The molecule has 0 saturated heterocycles. The molecule has 7 nitrogen and oxygen atoms in total. The minimum absolute atomic E-state index is 0.173. The predicted octanol–water partition coefficient (Wildman–Crippen LogP) is 5.33. The highest BCUT2D eigenvalue weighted by Crippen LogP contribution is 2.45. The van der Waals surface area contributed by atoms with E-state index < -0.39 is 5.41 Å². The van der Waals surface area contributed by atoms with Crippen molar-refractivity contribution in [2.75, 3.05) is 12.8 Å². The van der Waals surface area contributed by atoms with Crippen LogP contribution in [0.25, 0.3) is 39.4 Å². The molecule has 2 N–H and O–H groups in total. The molecule has 3 heterocycles. The number of nitrogens with two attached hydrogens (primary N) is 1. The van der Waals surface area contributed by atoms with E-state index in [0.717, 1.165) is 52.7 Å². The zero-order chi connectivity index (χ0) is 24.7. The molecule has 0 unspecified atom stereocenters. The van der Waals surface area contributed by atoms with Crippen molar-refractivity contribution >= 4 is 23.0 Å². The third-order valence-electron chi connectivity index (χ3n) is 7.15. The van der Waals surface area contributed by atoms with Crippen LogP contribution in [-0.4, -0.2) is 32.6 Å². The number of ether oxygens (including phenoxy) is 1. The van der Waals surface area contributed by atoms with Gasteiger partial charge in [-0.1, -0.05) is 48.9 Å². The largest absolute Gasteiger partial charge is 0.468 e. The zero-order valence-corrected chi connectivity index (χ0v) is 19.9. The third kappa shape index (κ3) is 3.43. The molecule has 36 heavy (non-hydrogen) atoms. The molecule has 0 atom stereocenters. The molecule has 6 rings (SSSR count). The van der Waals surface area contributed by atoms with Crippen molar-refractivity contribution in [2.24, 2.45) is 0 Å². The Hall–Kier alpha value is -4.52. The smallest absolute Gasteiger partial charge is 0.316 e. The second-order valence-electron chi connectivity index (χ2n) is 9.11. The second kappa shape index (κ2) is 8.61. The van der Waals surface area contributed by atoms with Gasteiger partial charge in [-0.3, -0.25) is 9.36 Å². The molecule has 3 aromatic heterocycles. The van der Waals surface area contributed by atoms with Crippen LogP contribution in [0.5, 0.6) is 0 Å². The molecule has 1 saturated carbocycles. The molecule has 1 aliphatic carbocycles. The van der Waals surface area contributed by atoms with Gasteiger partial charge in [0.05, 0.1) is 18.1 Å². The van der Waals surface area contributed by atoms with Gasteiger partial charge >= 0.3 is 5.97 Å². The molecule has 1 aliphatic rings. The average Bonchev–Trinajstić information content (AvgIpc) is 3.27. The Morgan fingerprint density at radius 1 is 0.972 bits per heavy atom. The first kappa shape index (κ1) is 22.0. The number of hydrogen-bond donors (Lipinski definition) is 1. The lowest BCUT2D eigenvalue weighted by atomic mass is 9.64. The predicted molar refractivity (Wildman–Crippen MR) is 139 cm³/mol. The number of methoxy groups -OCH3 is 1. The van der Waals surface area contributed by atoms with Crippen LogP contribution in [0.3, 0.4) is 0 Å². The van der Waals surface area contributed by atoms with E-state index in [-0.39, 0.29) is 5.97 Å². The molecular weight excluding hydrogens is 450 g/mol. The number of aromatic nitrogens is 4. The minimum Gasteiger partial charge on any atom is -0.468 e. The summed E-state index contributed by atoms with van der Waals surface area (Å²) in [6.07, 6.45) is 6.14. The van der Waals surface area contributed by atoms with Crippen LogP contribution >= 0.6 is 0 Å². The lowest BCUT2D eigenvalue weighted by Crippen LogP contribution is -2.43. The lowest BCUT2D eigenvalue weighted by molar-refractivity contribution is -0.151. The Morgan fingerprint density at radius 2 is 1.75 bits per heavy atom. The number of nitrogen functional groups attached to an aromatic ring is 1. The van der Waals surface area contributed by atoms with Crippen molar-refractivity contribution in [3.8, 4) is 28.2 Å². The van der Waals surface area contributed by atoms with Crippen molar-refractivity contribution < 1.29 is 9.53 Å². The Labute approximate surface area is 208 Å². The highest BCUT2D eigenvalue weighted by molar-refractivity contribution is 5.86. The molecule has 0 bridgehead atoms. The number of anilines is 1. The first-order chi connectivity index (χ1) is 17.6. The molecule has 0 aliphatic heterocycles. The number of hydrogen-bond acceptors (Lipinski definition) is 6. The fourth-order valence-electron chi connectivity index (χ4n) is 5.05. The Balaban J connectivity index is 1.51. The summed E-state index contributed by atoms with van der Waals surface area (Å²) >= 11 is 0. The van der Waals surface area contributed by atoms with Gasteiger partial charge in [0.1, 0.15) is 11.3 Å². The van der Waals surface area contributed by atoms with Gasteiger partial charge in [0, 0.05) is 23.6 Å². The summed E-state index contributed by atoms with van der Waals surface area (Å²) in [5, 5.41) is 0. The maximum absolute atomic E-state index is 12.6. The van der Waals surface area contributed by atoms with E-state index in [0.29, 0.717) is 17.3 Å². The summed E-state index contributed by atoms with van der Waals surface area (Å²) in [5.74, 6) is 0.883. The zero-order valence-electron chi connectivity index (χ0n) is 19.9. The molecule has 0 amide bonds. The molecule has 1 fully saturated rings. The van der Waals surface area contributed by atoms with Crippen molar-refractivity contribution in [3.63, 3.8) is 0 Å². The van der Waals surface area contributed by atoms with E-state index in [1.54, 1.807) is 6.20 Å². The Kier molecular flexibility index (Phi) is 5.25. The van der Waals surface area contributed by atoms with E-state index in [9.17, 15) is 4.79 Å². The van der Waals surface area contributed by atoms with Crippen LogP contribution in [0, 0.1) is 0 Å². The first-order valence-electron chi connectivity index (χ1n) is 11.9. The maximum Gasteiger partial charge on any atom is 0.316 e. The topological polar surface area (TPSA) is 95.9 Å². The minimum atomic E-state index is -0.552. The summed E-state index contributed by atoms with van der Waals surface area (Å²) in [7, 11) is 1.45. The SMILES string of the molecule is COC(=O)C1(c2ccc(-n3c(-c4cccnc4N)nc4cc(-c5ccccc5)cnc43)cc2)CCC1. The van der Waals surface area contributed by atoms with E-state index in [2.05, 4.69) is 17.1 Å². The summed E-state index contributed by atoms with van der Waals surface area (Å²) in [5.41, 5.74) is 11.8. The van der Waals surface area contributed by atoms with Crippen molar-refractivity contribution in [2.45, 2.75) is 24.7 Å². The van der Waals surface area contributed by atoms with Gasteiger partial charge in [0.2, 0.25) is 0 Å². The summed E-state index contributed by atoms with van der Waals surface area (Å²) in [6.45, 7) is 0. The van der Waals surface area contributed by atoms with Crippen LogP contribution in [0.4, 0.5) is 5.82 Å². The highest BCUT2D eigenvalue weighted by atomic mass is 16.5. The van der Waals surface area contributed by atoms with Gasteiger partial charge < -0.3 is 10.5 Å². The van der Waals surface area contributed by atoms with Gasteiger partial charge in [-0.05, 0) is 54.3 Å². The number of fused-ring (bicyclic) bond motifs is 1. The number of esters is 1. The summed E-state index contributed by atoms with van der Waals surface area (Å²) in [4.78, 5) is 26.6. The van der Waals surface area contributed by atoms with Crippen LogP contribution in [0.2, 0.25) is 0 Å². The number of benzene rings is 2. The van der Waals surface area contributed by atoms with Gasteiger partial charge in [-0.15, -0.1) is 0 Å². The molecule has 2 aromatic carbocycles.